The van der Waals surface area contributed by atoms with Gasteiger partial charge in [0.25, 0.3) is 0 Å². The summed E-state index contributed by atoms with van der Waals surface area (Å²) >= 11 is 0. The number of benzene rings is 6. The largest absolute Gasteiger partial charge is 0.354 e. The van der Waals surface area contributed by atoms with Gasteiger partial charge in [-0.25, -0.2) is 0 Å². The SMILES string of the molecule is C=C/C=C\C(=C/C)Nc1ccccc1Nc1ccc2c(c1)C1(C/C=C(Nc3ccccc3Nc3ccccc3)\C=C/C2=C)c2ccccc2-c2ccccc21. The minimum atomic E-state index is -0.491. The molecule has 2 aliphatic carbocycles. The van der Waals surface area contributed by atoms with Crippen molar-refractivity contribution in [2.45, 2.75) is 18.8 Å². The van der Waals surface area contributed by atoms with Gasteiger partial charge < -0.3 is 21.3 Å². The molecule has 0 unspecified atom stereocenters. The zero-order valence-corrected chi connectivity index (χ0v) is 31.0. The molecule has 6 aromatic rings. The Morgan fingerprint density at radius 1 is 0.582 bits per heavy atom. The van der Waals surface area contributed by atoms with Crippen molar-refractivity contribution < 1.29 is 0 Å². The van der Waals surface area contributed by atoms with Crippen molar-refractivity contribution in [1.29, 1.82) is 0 Å². The summed E-state index contributed by atoms with van der Waals surface area (Å²) in [5, 5.41) is 14.8. The van der Waals surface area contributed by atoms with Crippen LogP contribution in [0, 0.1) is 0 Å². The van der Waals surface area contributed by atoms with Crippen LogP contribution in [-0.2, 0) is 5.41 Å². The lowest BCUT2D eigenvalue weighted by atomic mass is 9.68. The maximum atomic E-state index is 4.67. The summed E-state index contributed by atoms with van der Waals surface area (Å²) in [6.45, 7) is 10.5. The molecule has 2 aliphatic rings. The highest BCUT2D eigenvalue weighted by molar-refractivity contribution is 5.88. The number of anilines is 6. The standard InChI is InChI=1S/C51H44N4/c1-4-6-18-37(5-2)52-47-25-14-17-28-50(47)55-40-31-32-41-36(3)29-30-39(54-49-27-16-15-26-48(49)53-38-19-8-7-9-20-38)33-34-51(46(41)35-40)44-23-12-10-21-42(44)43-22-11-13-24-45(43)51/h4-33,35,52-55H,1,3,34H2,2H3/b18-6-,30-29-,37-5+,39-33+. The molecule has 4 heteroatoms. The van der Waals surface area contributed by atoms with Crippen LogP contribution in [0.25, 0.3) is 16.7 Å². The summed E-state index contributed by atoms with van der Waals surface area (Å²) < 4.78 is 0. The smallest absolute Gasteiger partial charge is 0.0623 e. The molecule has 4 nitrogen and oxygen atoms in total. The number of hydrogen-bond acceptors (Lipinski definition) is 4. The van der Waals surface area contributed by atoms with Crippen molar-refractivity contribution in [2.24, 2.45) is 0 Å². The van der Waals surface area contributed by atoms with Crippen LogP contribution >= 0.6 is 0 Å². The van der Waals surface area contributed by atoms with Crippen LogP contribution in [0.15, 0.2) is 213 Å². The quantitative estimate of drug-likeness (QED) is 0.107. The van der Waals surface area contributed by atoms with Gasteiger partial charge in [-0.1, -0.05) is 141 Å². The fourth-order valence-electron chi connectivity index (χ4n) is 7.83. The Kier molecular flexibility index (Phi) is 9.88. The maximum Gasteiger partial charge on any atom is 0.0623 e. The summed E-state index contributed by atoms with van der Waals surface area (Å²) in [6.07, 6.45) is 15.2. The van der Waals surface area contributed by atoms with Gasteiger partial charge in [-0.15, -0.1) is 0 Å². The van der Waals surface area contributed by atoms with Gasteiger partial charge in [0.1, 0.15) is 0 Å². The molecule has 6 aromatic carbocycles. The Labute approximate surface area is 324 Å². The van der Waals surface area contributed by atoms with Gasteiger partial charge in [0.05, 0.1) is 28.2 Å². The molecular weight excluding hydrogens is 669 g/mol. The Morgan fingerprint density at radius 2 is 1.16 bits per heavy atom. The summed E-state index contributed by atoms with van der Waals surface area (Å²) in [4.78, 5) is 0. The van der Waals surface area contributed by atoms with Crippen LogP contribution in [-0.4, -0.2) is 0 Å². The Balaban J connectivity index is 1.24. The first-order valence-electron chi connectivity index (χ1n) is 18.8. The maximum absolute atomic E-state index is 4.67. The number of para-hydroxylation sites is 5. The molecule has 268 valence electrons. The van der Waals surface area contributed by atoms with Gasteiger partial charge in [-0.05, 0) is 113 Å². The third-order valence-corrected chi connectivity index (χ3v) is 10.4. The average molecular weight is 713 g/mol. The second-order valence-electron chi connectivity index (χ2n) is 13.8. The van der Waals surface area contributed by atoms with E-state index in [2.05, 4.69) is 180 Å². The molecule has 8 rings (SSSR count). The van der Waals surface area contributed by atoms with Crippen molar-refractivity contribution >= 4 is 39.7 Å². The van der Waals surface area contributed by atoms with Gasteiger partial charge in [-0.3, -0.25) is 0 Å². The summed E-state index contributed by atoms with van der Waals surface area (Å²) in [7, 11) is 0. The van der Waals surface area contributed by atoms with Crippen molar-refractivity contribution in [3.63, 3.8) is 0 Å². The third-order valence-electron chi connectivity index (χ3n) is 10.4. The first kappa shape index (κ1) is 35.0. The van der Waals surface area contributed by atoms with E-state index >= 15 is 0 Å². The number of rotatable bonds is 10. The fraction of sp³-hybridized carbons (Fsp3) is 0.0588. The van der Waals surface area contributed by atoms with Crippen LogP contribution in [0.3, 0.4) is 0 Å². The molecule has 0 fully saturated rings. The van der Waals surface area contributed by atoms with Crippen LogP contribution in [0.5, 0.6) is 0 Å². The summed E-state index contributed by atoms with van der Waals surface area (Å²) in [5.74, 6) is 0. The van der Waals surface area contributed by atoms with E-state index in [4.69, 9.17) is 0 Å². The van der Waals surface area contributed by atoms with Crippen LogP contribution in [0.4, 0.5) is 34.1 Å². The monoisotopic (exact) mass is 712 g/mol. The summed E-state index contributed by atoms with van der Waals surface area (Å²) in [5.41, 5.74) is 15.9. The molecule has 0 aliphatic heterocycles. The van der Waals surface area contributed by atoms with E-state index in [1.165, 1.54) is 27.8 Å². The minimum absolute atomic E-state index is 0.491. The van der Waals surface area contributed by atoms with Crippen molar-refractivity contribution in [2.75, 3.05) is 21.3 Å². The van der Waals surface area contributed by atoms with Gasteiger partial charge in [0.15, 0.2) is 0 Å². The van der Waals surface area contributed by atoms with E-state index in [0.29, 0.717) is 0 Å². The predicted octanol–water partition coefficient (Wildman–Crippen LogP) is 13.5. The molecular formula is C51H44N4. The van der Waals surface area contributed by atoms with Crippen LogP contribution < -0.4 is 21.3 Å². The molecule has 0 saturated carbocycles. The average Bonchev–Trinajstić information content (AvgIpc) is 3.54. The molecule has 0 aromatic heterocycles. The first-order valence-corrected chi connectivity index (χ1v) is 18.8. The molecule has 0 atom stereocenters. The Morgan fingerprint density at radius 3 is 1.84 bits per heavy atom. The predicted molar refractivity (Wildman–Crippen MR) is 235 cm³/mol. The minimum Gasteiger partial charge on any atom is -0.354 e. The van der Waals surface area contributed by atoms with Gasteiger partial charge >= 0.3 is 0 Å². The van der Waals surface area contributed by atoms with Crippen LogP contribution in [0.1, 0.15) is 35.6 Å². The highest BCUT2D eigenvalue weighted by atomic mass is 15.0. The molecule has 0 radical (unpaired) electrons. The second-order valence-corrected chi connectivity index (χ2v) is 13.8. The van der Waals surface area contributed by atoms with Gasteiger partial charge in [0, 0.05) is 22.8 Å². The van der Waals surface area contributed by atoms with E-state index in [1.54, 1.807) is 6.08 Å². The normalized spacial score (nSPS) is 15.7. The molecule has 1 spiro atoms. The zero-order chi connectivity index (χ0) is 37.6. The van der Waals surface area contributed by atoms with Crippen molar-refractivity contribution in [1.82, 2.24) is 0 Å². The Hall–Kier alpha value is -7.04. The highest BCUT2D eigenvalue weighted by Gasteiger charge is 2.45. The van der Waals surface area contributed by atoms with E-state index in [-0.39, 0.29) is 0 Å². The summed E-state index contributed by atoms with van der Waals surface area (Å²) in [6, 6.07) is 51.4. The lowest BCUT2D eigenvalue weighted by Gasteiger charge is -2.34. The number of nitrogens with one attached hydrogen (secondary N) is 4. The highest BCUT2D eigenvalue weighted by Crippen LogP contribution is 2.56. The number of allylic oxidation sites excluding steroid dienone is 8. The first-order chi connectivity index (χ1) is 27.1. The molecule has 55 heavy (non-hydrogen) atoms. The van der Waals surface area contributed by atoms with Crippen molar-refractivity contribution in [3.05, 3.63) is 235 Å². The molecule has 0 bridgehead atoms. The second kappa shape index (κ2) is 15.5. The topological polar surface area (TPSA) is 48.1 Å². The van der Waals surface area contributed by atoms with Gasteiger partial charge in [-0.2, -0.15) is 0 Å². The third kappa shape index (κ3) is 6.94. The molecule has 0 heterocycles. The number of hydrogen-bond donors (Lipinski definition) is 4. The molecule has 4 N–H and O–H groups in total. The van der Waals surface area contributed by atoms with Crippen LogP contribution in [0.2, 0.25) is 0 Å². The molecule has 0 saturated heterocycles. The lowest BCUT2D eigenvalue weighted by molar-refractivity contribution is 0.642. The number of fused-ring (bicyclic) bond motifs is 7. The van der Waals surface area contributed by atoms with E-state index in [0.717, 1.165) is 63.1 Å². The van der Waals surface area contributed by atoms with Gasteiger partial charge in [0.2, 0.25) is 0 Å². The lowest BCUT2D eigenvalue weighted by Crippen LogP contribution is -2.28. The fourth-order valence-corrected chi connectivity index (χ4v) is 7.83. The van der Waals surface area contributed by atoms with E-state index in [1.807, 2.05) is 43.3 Å². The zero-order valence-electron chi connectivity index (χ0n) is 31.0. The van der Waals surface area contributed by atoms with E-state index in [9.17, 15) is 0 Å². The molecule has 0 amide bonds. The Bertz CT molecular complexity index is 2470. The van der Waals surface area contributed by atoms with Crippen molar-refractivity contribution in [3.8, 4) is 11.1 Å². The van der Waals surface area contributed by atoms with E-state index < -0.39 is 5.41 Å².